The summed E-state index contributed by atoms with van der Waals surface area (Å²) in [5, 5.41) is 3.15. The molecular formula is C16H23N5O2. The first-order valence-corrected chi connectivity index (χ1v) is 8.44. The van der Waals surface area contributed by atoms with Gasteiger partial charge in [0.2, 0.25) is 0 Å². The van der Waals surface area contributed by atoms with Crippen LogP contribution in [0.4, 0.5) is 4.79 Å². The Morgan fingerprint density at radius 2 is 2.13 bits per heavy atom. The van der Waals surface area contributed by atoms with Crippen molar-refractivity contribution in [1.29, 1.82) is 0 Å². The Labute approximate surface area is 135 Å². The lowest BCUT2D eigenvalue weighted by Gasteiger charge is -2.29. The van der Waals surface area contributed by atoms with Crippen molar-refractivity contribution < 1.29 is 4.79 Å². The van der Waals surface area contributed by atoms with Gasteiger partial charge in [-0.05, 0) is 25.7 Å². The maximum Gasteiger partial charge on any atom is 0.318 e. The third kappa shape index (κ3) is 2.85. The fourth-order valence-electron chi connectivity index (χ4n) is 3.63. The topological polar surface area (TPSA) is 70.5 Å². The van der Waals surface area contributed by atoms with Gasteiger partial charge in [-0.3, -0.25) is 9.69 Å². The van der Waals surface area contributed by atoms with Crippen LogP contribution in [0.3, 0.4) is 0 Å². The number of carbonyl (C=O) groups is 1. The van der Waals surface area contributed by atoms with Crippen molar-refractivity contribution in [3.8, 4) is 0 Å². The Kier molecular flexibility index (Phi) is 3.60. The summed E-state index contributed by atoms with van der Waals surface area (Å²) in [7, 11) is 1.71. The van der Waals surface area contributed by atoms with Crippen molar-refractivity contribution in [2.75, 3.05) is 19.6 Å². The number of amides is 2. The molecule has 0 spiro atoms. The third-order valence-corrected chi connectivity index (χ3v) is 5.18. The van der Waals surface area contributed by atoms with Crippen LogP contribution in [-0.2, 0) is 20.0 Å². The van der Waals surface area contributed by atoms with Gasteiger partial charge in [0, 0.05) is 44.3 Å². The molecule has 124 valence electrons. The Hall–Kier alpha value is -1.89. The van der Waals surface area contributed by atoms with E-state index in [9.17, 15) is 9.59 Å². The van der Waals surface area contributed by atoms with E-state index in [0.29, 0.717) is 19.5 Å². The van der Waals surface area contributed by atoms with Gasteiger partial charge >= 0.3 is 6.03 Å². The second kappa shape index (κ2) is 5.63. The standard InChI is InChI=1S/C16H23N5O2/c1-19-10-17-14-9-21(7-5-13(14)15(19)22)16(23)18-11-4-6-20(8-11)12-2-3-12/h10-12H,2-9H2,1H3,(H,18,23). The van der Waals surface area contributed by atoms with Crippen LogP contribution in [0, 0.1) is 0 Å². The number of urea groups is 1. The van der Waals surface area contributed by atoms with E-state index in [-0.39, 0.29) is 17.6 Å². The van der Waals surface area contributed by atoms with Gasteiger partial charge < -0.3 is 14.8 Å². The SMILES string of the molecule is Cn1cnc2c(c1=O)CCN(C(=O)NC1CCN(C3CC3)C1)C2. The zero-order chi connectivity index (χ0) is 16.0. The lowest BCUT2D eigenvalue weighted by molar-refractivity contribution is 0.186. The molecule has 7 nitrogen and oxygen atoms in total. The van der Waals surface area contributed by atoms with Gasteiger partial charge in [0.1, 0.15) is 0 Å². The van der Waals surface area contributed by atoms with Crippen LogP contribution in [0.2, 0.25) is 0 Å². The van der Waals surface area contributed by atoms with E-state index in [1.807, 2.05) is 0 Å². The van der Waals surface area contributed by atoms with Crippen molar-refractivity contribution in [2.45, 2.75) is 44.3 Å². The van der Waals surface area contributed by atoms with Crippen molar-refractivity contribution >= 4 is 6.03 Å². The summed E-state index contributed by atoms with van der Waals surface area (Å²) >= 11 is 0. The minimum atomic E-state index is -0.0271. The smallest absolute Gasteiger partial charge is 0.318 e. The first-order valence-electron chi connectivity index (χ1n) is 8.44. The van der Waals surface area contributed by atoms with Crippen molar-refractivity contribution in [1.82, 2.24) is 24.7 Å². The summed E-state index contributed by atoms with van der Waals surface area (Å²) in [6.07, 6.45) is 5.77. The number of hydrogen-bond donors (Lipinski definition) is 1. The van der Waals surface area contributed by atoms with Crippen molar-refractivity contribution in [2.24, 2.45) is 7.05 Å². The Bertz CT molecular complexity index is 682. The number of nitrogens with one attached hydrogen (secondary N) is 1. The minimum Gasteiger partial charge on any atom is -0.334 e. The first kappa shape index (κ1) is 14.7. The number of likely N-dealkylation sites (tertiary alicyclic amines) is 1. The van der Waals surface area contributed by atoms with Gasteiger partial charge in [0.05, 0.1) is 18.6 Å². The second-order valence-corrected chi connectivity index (χ2v) is 6.92. The molecule has 0 radical (unpaired) electrons. The van der Waals surface area contributed by atoms with Gasteiger partial charge in [0.15, 0.2) is 0 Å². The predicted molar refractivity (Wildman–Crippen MR) is 85.1 cm³/mol. The molecule has 1 N–H and O–H groups in total. The lowest BCUT2D eigenvalue weighted by Crippen LogP contribution is -2.48. The zero-order valence-corrected chi connectivity index (χ0v) is 13.5. The van der Waals surface area contributed by atoms with E-state index in [2.05, 4.69) is 15.2 Å². The summed E-state index contributed by atoms with van der Waals surface area (Å²) in [4.78, 5) is 33.1. The Morgan fingerprint density at radius 3 is 2.91 bits per heavy atom. The molecule has 1 saturated carbocycles. The number of rotatable bonds is 2. The Morgan fingerprint density at radius 1 is 1.30 bits per heavy atom. The monoisotopic (exact) mass is 317 g/mol. The van der Waals surface area contributed by atoms with Gasteiger partial charge in [-0.25, -0.2) is 9.78 Å². The van der Waals surface area contributed by atoms with Gasteiger partial charge in [-0.2, -0.15) is 0 Å². The molecule has 3 heterocycles. The molecular weight excluding hydrogens is 294 g/mol. The van der Waals surface area contributed by atoms with E-state index in [4.69, 9.17) is 0 Å². The van der Waals surface area contributed by atoms with E-state index in [1.54, 1.807) is 11.9 Å². The third-order valence-electron chi connectivity index (χ3n) is 5.18. The number of aryl methyl sites for hydroxylation is 1. The molecule has 7 heteroatoms. The second-order valence-electron chi connectivity index (χ2n) is 6.92. The number of aromatic nitrogens is 2. The molecule has 3 aliphatic rings. The largest absolute Gasteiger partial charge is 0.334 e. The average Bonchev–Trinajstić information content (AvgIpc) is 3.31. The van der Waals surface area contributed by atoms with E-state index in [1.165, 1.54) is 23.7 Å². The summed E-state index contributed by atoms with van der Waals surface area (Å²) in [5.41, 5.74) is 1.49. The van der Waals surface area contributed by atoms with Gasteiger partial charge in [-0.1, -0.05) is 0 Å². The molecule has 1 unspecified atom stereocenters. The highest BCUT2D eigenvalue weighted by Crippen LogP contribution is 2.29. The zero-order valence-electron chi connectivity index (χ0n) is 13.5. The van der Waals surface area contributed by atoms with Crippen LogP contribution >= 0.6 is 0 Å². The molecule has 0 aromatic carbocycles. The first-order chi connectivity index (χ1) is 11.1. The molecule has 1 aromatic heterocycles. The molecule has 1 aliphatic carbocycles. The van der Waals surface area contributed by atoms with Crippen molar-refractivity contribution in [3.63, 3.8) is 0 Å². The normalized spacial score (nSPS) is 24.6. The number of fused-ring (bicyclic) bond motifs is 1. The molecule has 2 aliphatic heterocycles. The minimum absolute atomic E-state index is 0.00549. The molecule has 4 rings (SSSR count). The average molecular weight is 317 g/mol. The highest BCUT2D eigenvalue weighted by Gasteiger charge is 2.35. The summed E-state index contributed by atoms with van der Waals surface area (Å²) < 4.78 is 1.50. The highest BCUT2D eigenvalue weighted by atomic mass is 16.2. The number of hydrogen-bond acceptors (Lipinski definition) is 4. The summed E-state index contributed by atoms with van der Waals surface area (Å²) in [6.45, 7) is 3.07. The van der Waals surface area contributed by atoms with Crippen LogP contribution in [0.15, 0.2) is 11.1 Å². The molecule has 0 bridgehead atoms. The predicted octanol–water partition coefficient (Wildman–Crippen LogP) is 0.0847. The fraction of sp³-hybridized carbons (Fsp3) is 0.688. The highest BCUT2D eigenvalue weighted by molar-refractivity contribution is 5.74. The van der Waals surface area contributed by atoms with Crippen LogP contribution in [0.1, 0.15) is 30.5 Å². The molecule has 1 aromatic rings. The molecule has 1 saturated heterocycles. The summed E-state index contributed by atoms with van der Waals surface area (Å²) in [6, 6.07) is 0.987. The van der Waals surface area contributed by atoms with E-state index >= 15 is 0 Å². The molecule has 2 fully saturated rings. The number of carbonyl (C=O) groups excluding carboxylic acids is 1. The lowest BCUT2D eigenvalue weighted by atomic mass is 10.1. The van der Waals surface area contributed by atoms with Crippen molar-refractivity contribution in [3.05, 3.63) is 27.9 Å². The van der Waals surface area contributed by atoms with Crippen LogP contribution in [-0.4, -0.2) is 57.1 Å². The van der Waals surface area contributed by atoms with E-state index in [0.717, 1.165) is 36.8 Å². The van der Waals surface area contributed by atoms with Crippen LogP contribution in [0.25, 0.3) is 0 Å². The Balaban J connectivity index is 1.38. The summed E-state index contributed by atoms with van der Waals surface area (Å²) in [5.74, 6) is 0. The molecule has 1 atom stereocenters. The maximum absolute atomic E-state index is 12.5. The maximum atomic E-state index is 12.5. The van der Waals surface area contributed by atoms with Gasteiger partial charge in [-0.15, -0.1) is 0 Å². The fourth-order valence-corrected chi connectivity index (χ4v) is 3.63. The van der Waals surface area contributed by atoms with Crippen LogP contribution < -0.4 is 10.9 Å². The number of nitrogens with zero attached hydrogens (tertiary/aromatic N) is 4. The molecule has 23 heavy (non-hydrogen) atoms. The molecule has 2 amide bonds. The van der Waals surface area contributed by atoms with Crippen LogP contribution in [0.5, 0.6) is 0 Å². The van der Waals surface area contributed by atoms with E-state index < -0.39 is 0 Å². The quantitative estimate of drug-likeness (QED) is 0.839. The van der Waals surface area contributed by atoms with Gasteiger partial charge in [0.25, 0.3) is 5.56 Å².